The van der Waals surface area contributed by atoms with Crippen LogP contribution >= 0.6 is 0 Å². The number of hydrogen-bond acceptors (Lipinski definition) is 3. The molecule has 0 spiro atoms. The standard InChI is InChI=1S/C9H7NO4.Na/c11-9(12)6-3-7-1-4-8(5-2-7)10(13)14;/h1-6H,(H,11,12);. The van der Waals surface area contributed by atoms with Crippen molar-refractivity contribution in [2.24, 2.45) is 0 Å². The normalized spacial score (nSPS) is 9.60. The Morgan fingerprint density at radius 2 is 1.87 bits per heavy atom. The quantitative estimate of drug-likeness (QED) is 0.357. The van der Waals surface area contributed by atoms with Crippen LogP contribution in [0, 0.1) is 10.1 Å². The van der Waals surface area contributed by atoms with Crippen molar-refractivity contribution in [1.29, 1.82) is 0 Å². The Labute approximate surface area is 108 Å². The summed E-state index contributed by atoms with van der Waals surface area (Å²) in [5, 5.41) is 18.6. The van der Waals surface area contributed by atoms with Crippen LogP contribution in [-0.4, -0.2) is 45.6 Å². The Morgan fingerprint density at radius 3 is 2.27 bits per heavy atom. The first-order valence-corrected chi connectivity index (χ1v) is 3.75. The third-order valence-electron chi connectivity index (χ3n) is 1.52. The molecule has 0 fully saturated rings. The molecule has 0 heterocycles. The molecule has 1 N–H and O–H groups in total. The minimum absolute atomic E-state index is 0. The van der Waals surface area contributed by atoms with Crippen molar-refractivity contribution < 1.29 is 14.8 Å². The van der Waals surface area contributed by atoms with E-state index in [4.69, 9.17) is 5.11 Å². The van der Waals surface area contributed by atoms with Crippen molar-refractivity contribution in [2.45, 2.75) is 0 Å². The monoisotopic (exact) mass is 216 g/mol. The Hall–Kier alpha value is -1.17. The van der Waals surface area contributed by atoms with Crippen molar-refractivity contribution in [1.82, 2.24) is 0 Å². The van der Waals surface area contributed by atoms with Crippen LogP contribution in [-0.2, 0) is 4.79 Å². The smallest absolute Gasteiger partial charge is 0.328 e. The SMILES string of the molecule is O=C(O)C=Cc1ccc([N+](=O)[O-])cc1.[Na]. The summed E-state index contributed by atoms with van der Waals surface area (Å²) >= 11 is 0. The molecule has 0 amide bonds. The summed E-state index contributed by atoms with van der Waals surface area (Å²) in [6.07, 6.45) is 2.34. The number of carbonyl (C=O) groups is 1. The second kappa shape index (κ2) is 6.34. The Bertz CT molecular complexity index is 386. The average Bonchev–Trinajstić information content (AvgIpc) is 2.15. The zero-order valence-electron chi connectivity index (χ0n) is 8.08. The maximum absolute atomic E-state index is 10.3. The second-order valence-corrected chi connectivity index (χ2v) is 2.52. The van der Waals surface area contributed by atoms with Crippen LogP contribution in [0.5, 0.6) is 0 Å². The fourth-order valence-corrected chi connectivity index (χ4v) is 0.875. The molecule has 0 aromatic heterocycles. The fourth-order valence-electron chi connectivity index (χ4n) is 0.875. The number of rotatable bonds is 3. The van der Waals surface area contributed by atoms with Gasteiger partial charge in [-0.15, -0.1) is 0 Å². The number of nitro groups is 1. The molecule has 1 aromatic rings. The summed E-state index contributed by atoms with van der Waals surface area (Å²) in [4.78, 5) is 19.9. The molecule has 0 aliphatic heterocycles. The van der Waals surface area contributed by atoms with Crippen LogP contribution in [0.25, 0.3) is 6.08 Å². The van der Waals surface area contributed by atoms with Gasteiger partial charge in [-0.05, 0) is 23.8 Å². The van der Waals surface area contributed by atoms with E-state index in [9.17, 15) is 14.9 Å². The van der Waals surface area contributed by atoms with Gasteiger partial charge in [-0.2, -0.15) is 0 Å². The predicted octanol–water partition coefficient (Wildman–Crippen LogP) is 1.31. The van der Waals surface area contributed by atoms with Gasteiger partial charge in [0.05, 0.1) is 4.92 Å². The molecule has 6 heteroatoms. The number of nitrogens with zero attached hydrogens (tertiary/aromatic N) is 1. The van der Waals surface area contributed by atoms with Crippen LogP contribution in [0.2, 0.25) is 0 Å². The number of carboxylic acids is 1. The zero-order valence-corrected chi connectivity index (χ0v) is 10.1. The van der Waals surface area contributed by atoms with Gasteiger partial charge in [0.15, 0.2) is 0 Å². The first-order valence-electron chi connectivity index (χ1n) is 3.75. The fraction of sp³-hybridized carbons (Fsp3) is 0. The maximum atomic E-state index is 10.3. The van der Waals surface area contributed by atoms with Crippen LogP contribution in [0.15, 0.2) is 30.3 Å². The number of carboxylic acid groups (broad SMARTS) is 1. The molecule has 5 nitrogen and oxygen atoms in total. The van der Waals surface area contributed by atoms with E-state index in [1.807, 2.05) is 0 Å². The Morgan fingerprint density at radius 1 is 1.33 bits per heavy atom. The molecule has 1 aromatic carbocycles. The maximum Gasteiger partial charge on any atom is 0.328 e. The topological polar surface area (TPSA) is 80.4 Å². The van der Waals surface area contributed by atoms with E-state index in [2.05, 4.69) is 0 Å². The van der Waals surface area contributed by atoms with Crippen molar-refractivity contribution in [2.75, 3.05) is 0 Å². The van der Waals surface area contributed by atoms with Crippen LogP contribution in [0.4, 0.5) is 5.69 Å². The number of non-ortho nitro benzene ring substituents is 1. The van der Waals surface area contributed by atoms with Crippen LogP contribution < -0.4 is 0 Å². The summed E-state index contributed by atoms with van der Waals surface area (Å²) < 4.78 is 0. The van der Waals surface area contributed by atoms with Crippen LogP contribution in [0.1, 0.15) is 5.56 Å². The molecule has 0 aliphatic rings. The Kier molecular flexibility index (Phi) is 5.84. The van der Waals surface area contributed by atoms with Gasteiger partial charge >= 0.3 is 5.97 Å². The second-order valence-electron chi connectivity index (χ2n) is 2.52. The molecule has 15 heavy (non-hydrogen) atoms. The molecule has 0 bridgehead atoms. The van der Waals surface area contributed by atoms with Gasteiger partial charge in [-0.1, -0.05) is 0 Å². The first-order chi connectivity index (χ1) is 6.59. The van der Waals surface area contributed by atoms with E-state index in [0.717, 1.165) is 6.08 Å². The van der Waals surface area contributed by atoms with Crippen molar-refractivity contribution in [3.8, 4) is 0 Å². The molecular formula is C9H7NNaO4. The van der Waals surface area contributed by atoms with E-state index in [1.54, 1.807) is 0 Å². The molecule has 1 radical (unpaired) electrons. The molecular weight excluding hydrogens is 209 g/mol. The molecule has 0 saturated carbocycles. The number of benzene rings is 1. The Balaban J connectivity index is 0.00000196. The van der Waals surface area contributed by atoms with Gasteiger partial charge in [0.1, 0.15) is 0 Å². The summed E-state index contributed by atoms with van der Waals surface area (Å²) in [7, 11) is 0. The van der Waals surface area contributed by atoms with E-state index in [1.165, 1.54) is 30.3 Å². The summed E-state index contributed by atoms with van der Waals surface area (Å²) in [6.45, 7) is 0. The number of aliphatic carboxylic acids is 1. The minimum atomic E-state index is -1.05. The van der Waals surface area contributed by atoms with E-state index >= 15 is 0 Å². The van der Waals surface area contributed by atoms with Gasteiger partial charge in [-0.3, -0.25) is 10.1 Å². The van der Waals surface area contributed by atoms with Gasteiger partial charge in [0.25, 0.3) is 5.69 Å². The number of hydrogen-bond donors (Lipinski definition) is 1. The summed E-state index contributed by atoms with van der Waals surface area (Å²) in [6, 6.07) is 5.61. The molecule has 1 rings (SSSR count). The molecule has 0 aliphatic carbocycles. The largest absolute Gasteiger partial charge is 0.478 e. The summed E-state index contributed by atoms with van der Waals surface area (Å²) in [5.74, 6) is -1.05. The van der Waals surface area contributed by atoms with E-state index < -0.39 is 10.9 Å². The minimum Gasteiger partial charge on any atom is -0.478 e. The average molecular weight is 216 g/mol. The van der Waals surface area contributed by atoms with E-state index in [-0.39, 0.29) is 35.2 Å². The van der Waals surface area contributed by atoms with Crippen molar-refractivity contribution in [3.05, 3.63) is 46.0 Å². The molecule has 0 atom stereocenters. The molecule has 73 valence electrons. The number of nitro benzene ring substituents is 1. The first kappa shape index (κ1) is 13.8. The van der Waals surface area contributed by atoms with Gasteiger partial charge in [-0.25, -0.2) is 4.79 Å². The zero-order chi connectivity index (χ0) is 10.6. The van der Waals surface area contributed by atoms with Crippen molar-refractivity contribution >= 4 is 47.3 Å². The van der Waals surface area contributed by atoms with Gasteiger partial charge in [0, 0.05) is 47.8 Å². The molecule has 0 saturated heterocycles. The van der Waals surface area contributed by atoms with E-state index in [0.29, 0.717) is 5.56 Å². The van der Waals surface area contributed by atoms with Gasteiger partial charge < -0.3 is 5.11 Å². The van der Waals surface area contributed by atoms with Gasteiger partial charge in [0.2, 0.25) is 0 Å². The van der Waals surface area contributed by atoms with Crippen molar-refractivity contribution in [3.63, 3.8) is 0 Å². The predicted molar refractivity (Wildman–Crippen MR) is 55.5 cm³/mol. The third kappa shape index (κ3) is 4.73. The third-order valence-corrected chi connectivity index (χ3v) is 1.52. The summed E-state index contributed by atoms with van der Waals surface area (Å²) in [5.41, 5.74) is 0.593. The molecule has 0 unspecified atom stereocenters. The van der Waals surface area contributed by atoms with Crippen LogP contribution in [0.3, 0.4) is 0 Å².